The molecule has 8 heteroatoms. The zero-order valence-corrected chi connectivity index (χ0v) is 17.7. The van der Waals surface area contributed by atoms with Crippen LogP contribution in [-0.4, -0.2) is 52.4 Å². The van der Waals surface area contributed by atoms with Crippen molar-refractivity contribution in [3.8, 4) is 0 Å². The van der Waals surface area contributed by atoms with Crippen molar-refractivity contribution in [1.82, 2.24) is 14.5 Å². The Labute approximate surface area is 180 Å². The van der Waals surface area contributed by atoms with Crippen molar-refractivity contribution in [2.75, 3.05) is 36.4 Å². The average molecular weight is 419 g/mol. The number of ketones is 1. The van der Waals surface area contributed by atoms with E-state index in [9.17, 15) is 14.4 Å². The number of aromatic nitrogens is 2. The number of carbonyl (C=O) groups is 2. The number of anilines is 2. The normalized spacial score (nSPS) is 14.0. The Morgan fingerprint density at radius 3 is 2.48 bits per heavy atom. The summed E-state index contributed by atoms with van der Waals surface area (Å²) in [6, 6.07) is 14.3. The number of amides is 2. The molecule has 2 aromatic carbocycles. The van der Waals surface area contributed by atoms with Gasteiger partial charge in [-0.3, -0.25) is 9.59 Å². The molecule has 0 atom stereocenters. The van der Waals surface area contributed by atoms with Gasteiger partial charge in [-0.15, -0.1) is 0 Å². The molecule has 0 saturated carbocycles. The number of aryl methyl sites for hydroxylation is 1. The van der Waals surface area contributed by atoms with Crippen LogP contribution >= 0.6 is 0 Å². The monoisotopic (exact) mass is 419 g/mol. The van der Waals surface area contributed by atoms with Crippen molar-refractivity contribution in [3.63, 3.8) is 0 Å². The van der Waals surface area contributed by atoms with E-state index in [0.29, 0.717) is 49.8 Å². The summed E-state index contributed by atoms with van der Waals surface area (Å²) >= 11 is 0. The van der Waals surface area contributed by atoms with Crippen molar-refractivity contribution in [1.29, 1.82) is 0 Å². The number of Topliss-reactive ketones (excluding diaryl/α,β-unsaturated/α-hetero) is 1. The highest BCUT2D eigenvalue weighted by atomic mass is 16.2. The molecular weight excluding hydrogens is 394 g/mol. The third-order valence-corrected chi connectivity index (χ3v) is 5.54. The van der Waals surface area contributed by atoms with E-state index in [1.165, 1.54) is 6.92 Å². The number of nitrogens with one attached hydrogen (secondary N) is 1. The summed E-state index contributed by atoms with van der Waals surface area (Å²) < 4.78 is 1.73. The molecule has 1 aliphatic heterocycles. The lowest BCUT2D eigenvalue weighted by Crippen LogP contribution is -2.51. The highest BCUT2D eigenvalue weighted by Gasteiger charge is 2.24. The van der Waals surface area contributed by atoms with Gasteiger partial charge in [-0.05, 0) is 38.1 Å². The van der Waals surface area contributed by atoms with Crippen LogP contribution in [0.5, 0.6) is 0 Å². The van der Waals surface area contributed by atoms with Crippen molar-refractivity contribution < 1.29 is 9.59 Å². The van der Waals surface area contributed by atoms with E-state index in [0.717, 1.165) is 11.0 Å². The molecule has 1 saturated heterocycles. The molecule has 8 nitrogen and oxygen atoms in total. The second-order valence-corrected chi connectivity index (χ2v) is 7.51. The minimum absolute atomic E-state index is 0.0506. The van der Waals surface area contributed by atoms with Crippen LogP contribution in [0.4, 0.5) is 16.3 Å². The maximum atomic E-state index is 13.0. The van der Waals surface area contributed by atoms with Crippen LogP contribution in [-0.2, 0) is 6.54 Å². The fraction of sp³-hybridized carbons (Fsp3) is 0.304. The summed E-state index contributed by atoms with van der Waals surface area (Å²) in [6.45, 7) is 5.98. The molecule has 0 bridgehead atoms. The molecule has 0 aliphatic carbocycles. The van der Waals surface area contributed by atoms with E-state index < -0.39 is 0 Å². The summed E-state index contributed by atoms with van der Waals surface area (Å²) in [5.74, 6) is 0.375. The van der Waals surface area contributed by atoms with Gasteiger partial charge in [0.1, 0.15) is 0 Å². The summed E-state index contributed by atoms with van der Waals surface area (Å²) in [7, 11) is 0. The van der Waals surface area contributed by atoms with Gasteiger partial charge in [0.15, 0.2) is 11.6 Å². The Kier molecular flexibility index (Phi) is 5.70. The lowest BCUT2D eigenvalue weighted by atomic mass is 10.1. The molecule has 160 valence electrons. The van der Waals surface area contributed by atoms with Crippen molar-refractivity contribution >= 4 is 34.4 Å². The van der Waals surface area contributed by atoms with E-state index in [4.69, 9.17) is 0 Å². The van der Waals surface area contributed by atoms with E-state index in [-0.39, 0.29) is 17.4 Å². The molecule has 3 aromatic rings. The Bertz CT molecular complexity index is 1200. The highest BCUT2D eigenvalue weighted by Crippen LogP contribution is 2.17. The van der Waals surface area contributed by atoms with Crippen LogP contribution in [0.2, 0.25) is 0 Å². The summed E-state index contributed by atoms with van der Waals surface area (Å²) in [5.41, 5.74) is 2.63. The van der Waals surface area contributed by atoms with Crippen molar-refractivity contribution in [2.45, 2.75) is 20.4 Å². The molecule has 0 spiro atoms. The molecule has 31 heavy (non-hydrogen) atoms. The predicted molar refractivity (Wildman–Crippen MR) is 121 cm³/mol. The van der Waals surface area contributed by atoms with Gasteiger partial charge < -0.3 is 19.7 Å². The van der Waals surface area contributed by atoms with Crippen LogP contribution in [0.25, 0.3) is 11.0 Å². The Morgan fingerprint density at radius 2 is 1.77 bits per heavy atom. The van der Waals surface area contributed by atoms with E-state index in [1.807, 2.05) is 36.1 Å². The fourth-order valence-corrected chi connectivity index (χ4v) is 3.84. The molecule has 1 aromatic heterocycles. The van der Waals surface area contributed by atoms with Crippen LogP contribution in [0.1, 0.15) is 24.2 Å². The zero-order chi connectivity index (χ0) is 22.0. The number of fused-ring (bicyclic) bond motifs is 1. The number of hydrogen-bond donors (Lipinski definition) is 1. The number of carbonyl (C=O) groups excluding carboxylic acids is 2. The SMILES string of the molecule is CCn1c(=O)c(N2CCN(C(=O)Nc3cccc(C(C)=O)c3)CC2)nc2ccccc21. The molecule has 1 N–H and O–H groups in total. The number of nitrogens with zero attached hydrogens (tertiary/aromatic N) is 4. The maximum absolute atomic E-state index is 13.0. The Hall–Kier alpha value is -3.68. The highest BCUT2D eigenvalue weighted by molar-refractivity contribution is 5.96. The topological polar surface area (TPSA) is 87.5 Å². The summed E-state index contributed by atoms with van der Waals surface area (Å²) in [5, 5.41) is 2.85. The van der Waals surface area contributed by atoms with Crippen LogP contribution in [0.15, 0.2) is 53.3 Å². The van der Waals surface area contributed by atoms with Gasteiger partial charge in [-0.2, -0.15) is 0 Å². The average Bonchev–Trinajstić information content (AvgIpc) is 2.79. The smallest absolute Gasteiger partial charge is 0.321 e. The number of rotatable bonds is 4. The first-order chi connectivity index (χ1) is 15.0. The van der Waals surface area contributed by atoms with E-state index in [2.05, 4.69) is 10.3 Å². The second kappa shape index (κ2) is 8.59. The van der Waals surface area contributed by atoms with Gasteiger partial charge in [-0.25, -0.2) is 9.78 Å². The first-order valence-corrected chi connectivity index (χ1v) is 10.4. The van der Waals surface area contributed by atoms with Gasteiger partial charge in [0.25, 0.3) is 5.56 Å². The maximum Gasteiger partial charge on any atom is 0.321 e. The Morgan fingerprint density at radius 1 is 1.03 bits per heavy atom. The molecule has 0 radical (unpaired) electrons. The fourth-order valence-electron chi connectivity index (χ4n) is 3.84. The van der Waals surface area contributed by atoms with E-state index >= 15 is 0 Å². The summed E-state index contributed by atoms with van der Waals surface area (Å²) in [6.07, 6.45) is 0. The minimum atomic E-state index is -0.224. The van der Waals surface area contributed by atoms with Gasteiger partial charge in [0, 0.05) is 44.0 Å². The number of para-hydroxylation sites is 2. The second-order valence-electron chi connectivity index (χ2n) is 7.51. The van der Waals surface area contributed by atoms with Crippen molar-refractivity contribution in [3.05, 3.63) is 64.4 Å². The quantitative estimate of drug-likeness (QED) is 0.657. The largest absolute Gasteiger partial charge is 0.348 e. The standard InChI is InChI=1S/C23H25N5O3/c1-3-28-20-10-5-4-9-19(20)25-21(22(28)30)26-11-13-27(14-12-26)23(31)24-18-8-6-7-17(15-18)16(2)29/h4-10,15H,3,11-14H2,1-2H3,(H,24,31). The number of benzene rings is 2. The van der Waals surface area contributed by atoms with Gasteiger partial charge >= 0.3 is 6.03 Å². The first kappa shape index (κ1) is 20.6. The summed E-state index contributed by atoms with van der Waals surface area (Å²) in [4.78, 5) is 45.5. The molecule has 2 amide bonds. The van der Waals surface area contributed by atoms with E-state index in [1.54, 1.807) is 33.7 Å². The third-order valence-electron chi connectivity index (χ3n) is 5.54. The van der Waals surface area contributed by atoms with Crippen LogP contribution in [0, 0.1) is 0 Å². The van der Waals surface area contributed by atoms with Crippen LogP contribution in [0.3, 0.4) is 0 Å². The lowest BCUT2D eigenvalue weighted by Gasteiger charge is -2.35. The molecular formula is C23H25N5O3. The first-order valence-electron chi connectivity index (χ1n) is 10.4. The number of piperazine rings is 1. The minimum Gasteiger partial charge on any atom is -0.348 e. The number of hydrogen-bond acceptors (Lipinski definition) is 5. The molecule has 2 heterocycles. The van der Waals surface area contributed by atoms with Crippen molar-refractivity contribution in [2.24, 2.45) is 0 Å². The predicted octanol–water partition coefficient (Wildman–Crippen LogP) is 2.97. The molecule has 0 unspecified atom stereocenters. The van der Waals surface area contributed by atoms with Gasteiger partial charge in [0.2, 0.25) is 0 Å². The zero-order valence-electron chi connectivity index (χ0n) is 17.7. The lowest BCUT2D eigenvalue weighted by molar-refractivity contribution is 0.101. The van der Waals surface area contributed by atoms with Gasteiger partial charge in [-0.1, -0.05) is 24.3 Å². The van der Waals surface area contributed by atoms with Crippen LogP contribution < -0.4 is 15.8 Å². The third kappa shape index (κ3) is 4.14. The molecule has 1 aliphatic rings. The Balaban J connectivity index is 1.47. The molecule has 4 rings (SSSR count). The molecule has 1 fully saturated rings. The van der Waals surface area contributed by atoms with Gasteiger partial charge in [0.05, 0.1) is 11.0 Å². The number of urea groups is 1.